The van der Waals surface area contributed by atoms with Gasteiger partial charge >= 0.3 is 5.97 Å². The van der Waals surface area contributed by atoms with Crippen LogP contribution in [0.2, 0.25) is 0 Å². The lowest BCUT2D eigenvalue weighted by atomic mass is 10.0. The molecule has 0 saturated carbocycles. The van der Waals surface area contributed by atoms with Crippen molar-refractivity contribution in [1.82, 2.24) is 16.0 Å². The van der Waals surface area contributed by atoms with E-state index < -0.39 is 41.8 Å². The smallest absolute Gasteiger partial charge is 0.326 e. The SMILES string of the molecule is CC(NC(=O)C(Cc1ccc(O)cc1)NC(=O)CN)C(=O)NC(Cc1ccccc1)C(=O)O. The number of carboxylic acid groups (broad SMARTS) is 1. The van der Waals surface area contributed by atoms with Gasteiger partial charge in [-0.15, -0.1) is 0 Å². The number of aromatic hydroxyl groups is 1. The molecule has 0 saturated heterocycles. The number of hydrogen-bond donors (Lipinski definition) is 6. The highest BCUT2D eigenvalue weighted by Crippen LogP contribution is 2.12. The van der Waals surface area contributed by atoms with Crippen molar-refractivity contribution in [3.05, 3.63) is 65.7 Å². The van der Waals surface area contributed by atoms with Gasteiger partial charge in [-0.3, -0.25) is 14.4 Å². The van der Waals surface area contributed by atoms with Crippen molar-refractivity contribution >= 4 is 23.7 Å². The highest BCUT2D eigenvalue weighted by molar-refractivity contribution is 5.93. The van der Waals surface area contributed by atoms with Gasteiger partial charge in [0.25, 0.3) is 0 Å². The molecule has 2 aromatic carbocycles. The fraction of sp³-hybridized carbons (Fsp3) is 0.304. The number of benzene rings is 2. The first-order chi connectivity index (χ1) is 15.7. The molecule has 0 aromatic heterocycles. The van der Waals surface area contributed by atoms with Crippen LogP contribution in [0.3, 0.4) is 0 Å². The molecule has 33 heavy (non-hydrogen) atoms. The molecule has 0 aliphatic heterocycles. The van der Waals surface area contributed by atoms with E-state index in [-0.39, 0.29) is 25.1 Å². The van der Waals surface area contributed by atoms with E-state index in [2.05, 4.69) is 16.0 Å². The van der Waals surface area contributed by atoms with E-state index in [0.717, 1.165) is 5.56 Å². The first-order valence-corrected chi connectivity index (χ1v) is 10.3. The van der Waals surface area contributed by atoms with Crippen LogP contribution in [-0.4, -0.2) is 58.6 Å². The van der Waals surface area contributed by atoms with Crippen molar-refractivity contribution in [2.24, 2.45) is 5.73 Å². The zero-order valence-corrected chi connectivity index (χ0v) is 18.2. The predicted octanol–water partition coefficient (Wildman–Crippen LogP) is -0.305. The molecule has 3 amide bonds. The van der Waals surface area contributed by atoms with Gasteiger partial charge in [0.1, 0.15) is 23.9 Å². The van der Waals surface area contributed by atoms with E-state index in [1.807, 2.05) is 0 Å². The van der Waals surface area contributed by atoms with Gasteiger partial charge in [0, 0.05) is 12.8 Å². The molecule has 10 heteroatoms. The van der Waals surface area contributed by atoms with Crippen LogP contribution in [0.15, 0.2) is 54.6 Å². The summed E-state index contributed by atoms with van der Waals surface area (Å²) in [5.41, 5.74) is 6.73. The number of aliphatic carboxylic acids is 1. The molecule has 0 heterocycles. The second kappa shape index (κ2) is 12.2. The highest BCUT2D eigenvalue weighted by atomic mass is 16.4. The molecule has 10 nitrogen and oxygen atoms in total. The number of hydrogen-bond acceptors (Lipinski definition) is 6. The molecule has 0 fully saturated rings. The van der Waals surface area contributed by atoms with E-state index in [0.29, 0.717) is 5.56 Å². The van der Waals surface area contributed by atoms with Gasteiger partial charge in [0.2, 0.25) is 17.7 Å². The number of phenols is 1. The van der Waals surface area contributed by atoms with Gasteiger partial charge in [-0.2, -0.15) is 0 Å². The summed E-state index contributed by atoms with van der Waals surface area (Å²) < 4.78 is 0. The first kappa shape index (κ1) is 25.3. The molecule has 0 bridgehead atoms. The van der Waals surface area contributed by atoms with Crippen LogP contribution >= 0.6 is 0 Å². The van der Waals surface area contributed by atoms with E-state index in [4.69, 9.17) is 5.73 Å². The second-order valence-corrected chi connectivity index (χ2v) is 7.51. The van der Waals surface area contributed by atoms with Crippen molar-refractivity contribution in [2.75, 3.05) is 6.54 Å². The van der Waals surface area contributed by atoms with Crippen molar-refractivity contribution in [3.8, 4) is 5.75 Å². The number of nitrogens with two attached hydrogens (primary N) is 1. The van der Waals surface area contributed by atoms with Crippen molar-refractivity contribution < 1.29 is 29.4 Å². The Kier molecular flexibility index (Phi) is 9.37. The maximum atomic E-state index is 12.8. The second-order valence-electron chi connectivity index (χ2n) is 7.51. The van der Waals surface area contributed by atoms with Gasteiger partial charge in [-0.05, 0) is 30.2 Å². The zero-order chi connectivity index (χ0) is 24.4. The van der Waals surface area contributed by atoms with Crippen molar-refractivity contribution in [1.29, 1.82) is 0 Å². The van der Waals surface area contributed by atoms with Crippen LogP contribution in [0.25, 0.3) is 0 Å². The van der Waals surface area contributed by atoms with Crippen LogP contribution < -0.4 is 21.7 Å². The van der Waals surface area contributed by atoms with Gasteiger partial charge < -0.3 is 31.9 Å². The monoisotopic (exact) mass is 456 g/mol. The van der Waals surface area contributed by atoms with Gasteiger partial charge in [0.05, 0.1) is 6.54 Å². The van der Waals surface area contributed by atoms with E-state index in [1.54, 1.807) is 42.5 Å². The lowest BCUT2D eigenvalue weighted by Gasteiger charge is -2.22. The molecule has 0 aliphatic carbocycles. The third-order valence-corrected chi connectivity index (χ3v) is 4.86. The maximum absolute atomic E-state index is 12.8. The summed E-state index contributed by atoms with van der Waals surface area (Å²) in [6.45, 7) is 1.09. The summed E-state index contributed by atoms with van der Waals surface area (Å²) in [4.78, 5) is 48.7. The van der Waals surface area contributed by atoms with Crippen molar-refractivity contribution in [2.45, 2.75) is 37.9 Å². The number of amides is 3. The lowest BCUT2D eigenvalue weighted by Crippen LogP contribution is -2.56. The minimum Gasteiger partial charge on any atom is -0.508 e. The van der Waals surface area contributed by atoms with Crippen LogP contribution in [0.5, 0.6) is 5.75 Å². The number of rotatable bonds is 11. The standard InChI is InChI=1S/C23H28N4O6/c1-14(21(30)27-19(23(32)33)12-15-5-3-2-4-6-15)25-22(31)18(26-20(29)13-24)11-16-7-9-17(28)10-8-16/h2-10,14,18-19,28H,11-13,24H2,1H3,(H,25,31)(H,26,29)(H,27,30)(H,32,33). The largest absolute Gasteiger partial charge is 0.508 e. The molecular formula is C23H28N4O6. The van der Waals surface area contributed by atoms with E-state index in [9.17, 15) is 29.4 Å². The Bertz CT molecular complexity index is 965. The number of carbonyl (C=O) groups excluding carboxylic acids is 3. The van der Waals surface area contributed by atoms with Gasteiger partial charge in [-0.1, -0.05) is 42.5 Å². The average Bonchev–Trinajstić information content (AvgIpc) is 2.79. The summed E-state index contributed by atoms with van der Waals surface area (Å²) in [6, 6.07) is 11.7. The fourth-order valence-electron chi connectivity index (χ4n) is 3.06. The van der Waals surface area contributed by atoms with Gasteiger partial charge in [0.15, 0.2) is 0 Å². The Balaban J connectivity index is 2.03. The molecular weight excluding hydrogens is 428 g/mol. The third-order valence-electron chi connectivity index (χ3n) is 4.86. The summed E-state index contributed by atoms with van der Waals surface area (Å²) in [6.07, 6.45) is 0.177. The molecule has 0 radical (unpaired) electrons. The number of phenolic OH excluding ortho intramolecular Hbond substituents is 1. The van der Waals surface area contributed by atoms with Crippen LogP contribution in [0.4, 0.5) is 0 Å². The topological polar surface area (TPSA) is 171 Å². The number of nitrogens with one attached hydrogen (secondary N) is 3. The summed E-state index contributed by atoms with van der Waals surface area (Å²) in [5.74, 6) is -3.02. The Hall–Kier alpha value is -3.92. The van der Waals surface area contributed by atoms with Crippen LogP contribution in [-0.2, 0) is 32.0 Å². The molecule has 3 atom stereocenters. The molecule has 2 aromatic rings. The Morgan fingerprint density at radius 1 is 0.818 bits per heavy atom. The van der Waals surface area contributed by atoms with E-state index in [1.165, 1.54) is 19.1 Å². The molecule has 0 spiro atoms. The molecule has 176 valence electrons. The maximum Gasteiger partial charge on any atom is 0.326 e. The lowest BCUT2D eigenvalue weighted by molar-refractivity contribution is -0.142. The normalized spacial score (nSPS) is 13.3. The molecule has 0 aliphatic rings. The predicted molar refractivity (Wildman–Crippen MR) is 120 cm³/mol. The van der Waals surface area contributed by atoms with Crippen molar-refractivity contribution in [3.63, 3.8) is 0 Å². The minimum atomic E-state index is -1.20. The summed E-state index contributed by atoms with van der Waals surface area (Å²) in [7, 11) is 0. The molecule has 2 rings (SSSR count). The molecule has 3 unspecified atom stereocenters. The average molecular weight is 456 g/mol. The number of carboxylic acids is 1. The fourth-order valence-corrected chi connectivity index (χ4v) is 3.06. The summed E-state index contributed by atoms with van der Waals surface area (Å²) in [5, 5.41) is 26.3. The first-order valence-electron chi connectivity index (χ1n) is 10.3. The third kappa shape index (κ3) is 8.26. The van der Waals surface area contributed by atoms with Gasteiger partial charge in [-0.25, -0.2) is 4.79 Å². The quantitative estimate of drug-likeness (QED) is 0.269. The zero-order valence-electron chi connectivity index (χ0n) is 18.2. The summed E-state index contributed by atoms with van der Waals surface area (Å²) >= 11 is 0. The van der Waals surface area contributed by atoms with Crippen LogP contribution in [0.1, 0.15) is 18.1 Å². The number of carbonyl (C=O) groups is 4. The Labute approximate surface area is 191 Å². The van der Waals surface area contributed by atoms with E-state index >= 15 is 0 Å². The van der Waals surface area contributed by atoms with Crippen LogP contribution in [0, 0.1) is 0 Å². The Morgan fingerprint density at radius 2 is 1.39 bits per heavy atom. The minimum absolute atomic E-state index is 0.0551. The Morgan fingerprint density at radius 3 is 1.97 bits per heavy atom. The molecule has 7 N–H and O–H groups in total. The highest BCUT2D eigenvalue weighted by Gasteiger charge is 2.27.